The van der Waals surface area contributed by atoms with Gasteiger partial charge < -0.3 is 0 Å². The lowest BCUT2D eigenvalue weighted by Gasteiger charge is -1.89. The number of nitrogens with zero attached hydrogens (tertiary/aromatic N) is 1. The zero-order valence-electron chi connectivity index (χ0n) is 6.87. The Hall–Kier alpha value is -1.15. The van der Waals surface area contributed by atoms with E-state index in [0.717, 1.165) is 5.69 Å². The van der Waals surface area contributed by atoms with Crippen molar-refractivity contribution < 1.29 is 0 Å². The van der Waals surface area contributed by atoms with Gasteiger partial charge in [-0.25, -0.2) is 0 Å². The molecule has 0 aliphatic rings. The highest BCUT2D eigenvalue weighted by molar-refractivity contribution is 7.19. The summed E-state index contributed by atoms with van der Waals surface area (Å²) in [5.74, 6) is 0. The Balaban J connectivity index is 2.90. The molecule has 0 saturated carbocycles. The van der Waals surface area contributed by atoms with Gasteiger partial charge in [0.25, 0.3) is 0 Å². The largest absolute Gasteiger partial charge is 0.263 e. The second-order valence-electron chi connectivity index (χ2n) is 2.66. The minimum Gasteiger partial charge on any atom is -0.263 e. The molecule has 0 radical (unpaired) electrons. The second kappa shape index (κ2) is 2.72. The van der Waals surface area contributed by atoms with Crippen molar-refractivity contribution >= 4 is 33.8 Å². The zero-order chi connectivity index (χ0) is 8.55. The van der Waals surface area contributed by atoms with Gasteiger partial charge in [-0.15, -0.1) is 11.3 Å². The van der Waals surface area contributed by atoms with Gasteiger partial charge in [0.1, 0.15) is 0 Å². The first-order valence-corrected chi connectivity index (χ1v) is 4.59. The standard InChI is InChI=1S/C10H9NS/c1-7-10(11-2)8-5-3-4-6-9(8)12-7/h3-6H,2H2,1H3. The summed E-state index contributed by atoms with van der Waals surface area (Å²) < 4.78 is 1.29. The van der Waals surface area contributed by atoms with Crippen LogP contribution < -0.4 is 0 Å². The highest BCUT2D eigenvalue weighted by Gasteiger charge is 2.04. The summed E-state index contributed by atoms with van der Waals surface area (Å²) >= 11 is 1.77. The molecule has 0 spiro atoms. The molecule has 0 atom stereocenters. The summed E-state index contributed by atoms with van der Waals surface area (Å²) in [5.41, 5.74) is 1.04. The molecule has 0 fully saturated rings. The van der Waals surface area contributed by atoms with Crippen molar-refractivity contribution in [2.75, 3.05) is 0 Å². The van der Waals surface area contributed by atoms with Crippen LogP contribution in [0.3, 0.4) is 0 Å². The van der Waals surface area contributed by atoms with Gasteiger partial charge in [-0.2, -0.15) is 0 Å². The third kappa shape index (κ3) is 0.959. The van der Waals surface area contributed by atoms with Crippen molar-refractivity contribution in [3.05, 3.63) is 29.1 Å². The molecule has 1 nitrogen and oxygen atoms in total. The minimum absolute atomic E-state index is 1.04. The Kier molecular flexibility index (Phi) is 1.70. The number of aliphatic imine (C=N–C) groups is 1. The van der Waals surface area contributed by atoms with Gasteiger partial charge in [0.2, 0.25) is 0 Å². The van der Waals surface area contributed by atoms with E-state index in [1.165, 1.54) is 15.0 Å². The molecule has 1 aromatic carbocycles. The Morgan fingerprint density at radius 2 is 2.08 bits per heavy atom. The quantitative estimate of drug-likeness (QED) is 0.588. The predicted molar refractivity (Wildman–Crippen MR) is 55.8 cm³/mol. The van der Waals surface area contributed by atoms with E-state index in [-0.39, 0.29) is 0 Å². The summed E-state index contributed by atoms with van der Waals surface area (Å²) in [4.78, 5) is 5.26. The highest BCUT2D eigenvalue weighted by Crippen LogP contribution is 2.36. The van der Waals surface area contributed by atoms with Crippen LogP contribution in [0.1, 0.15) is 4.88 Å². The van der Waals surface area contributed by atoms with Crippen LogP contribution in [-0.4, -0.2) is 6.72 Å². The first-order chi connectivity index (χ1) is 5.83. The number of fused-ring (bicyclic) bond motifs is 1. The van der Waals surface area contributed by atoms with E-state index in [9.17, 15) is 0 Å². The van der Waals surface area contributed by atoms with Gasteiger partial charge in [0.05, 0.1) is 5.69 Å². The number of hydrogen-bond acceptors (Lipinski definition) is 2. The van der Waals surface area contributed by atoms with E-state index in [1.54, 1.807) is 11.3 Å². The molecule has 12 heavy (non-hydrogen) atoms. The molecule has 2 heteroatoms. The van der Waals surface area contributed by atoms with E-state index < -0.39 is 0 Å². The Morgan fingerprint density at radius 1 is 1.33 bits per heavy atom. The van der Waals surface area contributed by atoms with Gasteiger partial charge in [-0.05, 0) is 19.7 Å². The summed E-state index contributed by atoms with van der Waals surface area (Å²) in [6.07, 6.45) is 0. The summed E-state index contributed by atoms with van der Waals surface area (Å²) in [7, 11) is 0. The van der Waals surface area contributed by atoms with Crippen LogP contribution in [0.5, 0.6) is 0 Å². The lowest BCUT2D eigenvalue weighted by molar-refractivity contribution is 1.54. The smallest absolute Gasteiger partial charge is 0.0837 e. The summed E-state index contributed by atoms with van der Waals surface area (Å²) in [6.45, 7) is 5.65. The molecule has 0 N–H and O–H groups in total. The Labute approximate surface area is 75.4 Å². The lowest BCUT2D eigenvalue weighted by atomic mass is 10.2. The summed E-state index contributed by atoms with van der Waals surface area (Å²) in [6, 6.07) is 8.28. The van der Waals surface area contributed by atoms with E-state index in [1.807, 2.05) is 12.1 Å². The number of benzene rings is 1. The maximum Gasteiger partial charge on any atom is 0.0837 e. The maximum atomic E-state index is 4.02. The molecule has 2 aromatic rings. The van der Waals surface area contributed by atoms with Crippen LogP contribution in [0.25, 0.3) is 10.1 Å². The SMILES string of the molecule is C=Nc1c(C)sc2ccccc12. The topological polar surface area (TPSA) is 12.4 Å². The fourth-order valence-corrected chi connectivity index (χ4v) is 2.37. The molecule has 0 aliphatic heterocycles. The molecule has 0 bridgehead atoms. The number of hydrogen-bond donors (Lipinski definition) is 0. The molecule has 2 rings (SSSR count). The molecule has 0 saturated heterocycles. The van der Waals surface area contributed by atoms with Crippen LogP contribution in [-0.2, 0) is 0 Å². The third-order valence-electron chi connectivity index (χ3n) is 1.90. The lowest BCUT2D eigenvalue weighted by Crippen LogP contribution is -1.62. The van der Waals surface area contributed by atoms with E-state index >= 15 is 0 Å². The van der Waals surface area contributed by atoms with Gasteiger partial charge >= 0.3 is 0 Å². The van der Waals surface area contributed by atoms with Crippen molar-refractivity contribution in [2.45, 2.75) is 6.92 Å². The fourth-order valence-electron chi connectivity index (χ4n) is 1.35. The van der Waals surface area contributed by atoms with Crippen LogP contribution in [0.2, 0.25) is 0 Å². The Morgan fingerprint density at radius 3 is 2.83 bits per heavy atom. The maximum absolute atomic E-state index is 4.02. The average molecular weight is 175 g/mol. The van der Waals surface area contributed by atoms with Gasteiger partial charge in [-0.3, -0.25) is 4.99 Å². The van der Waals surface area contributed by atoms with Crippen molar-refractivity contribution in [3.63, 3.8) is 0 Å². The fraction of sp³-hybridized carbons (Fsp3) is 0.100. The van der Waals surface area contributed by atoms with Crippen molar-refractivity contribution in [2.24, 2.45) is 4.99 Å². The first-order valence-electron chi connectivity index (χ1n) is 3.78. The average Bonchev–Trinajstić information content (AvgIpc) is 2.40. The van der Waals surface area contributed by atoms with Crippen molar-refractivity contribution in [1.29, 1.82) is 0 Å². The van der Waals surface area contributed by atoms with Gasteiger partial charge in [0, 0.05) is 15.0 Å². The number of thiophene rings is 1. The second-order valence-corrected chi connectivity index (χ2v) is 3.92. The monoisotopic (exact) mass is 175 g/mol. The van der Waals surface area contributed by atoms with E-state index in [0.29, 0.717) is 0 Å². The van der Waals surface area contributed by atoms with E-state index in [2.05, 4.69) is 30.8 Å². The Bertz CT molecular complexity index is 428. The van der Waals surface area contributed by atoms with Crippen LogP contribution >= 0.6 is 11.3 Å². The predicted octanol–water partition coefficient (Wildman–Crippen LogP) is 3.54. The number of aryl methyl sites for hydroxylation is 1. The first kappa shape index (κ1) is 7.50. The van der Waals surface area contributed by atoms with E-state index in [4.69, 9.17) is 0 Å². The molecule has 0 aliphatic carbocycles. The molecule has 0 unspecified atom stereocenters. The van der Waals surface area contributed by atoms with Gasteiger partial charge in [0.15, 0.2) is 0 Å². The van der Waals surface area contributed by atoms with Gasteiger partial charge in [-0.1, -0.05) is 18.2 Å². The normalized spacial score (nSPS) is 10.4. The molecule has 60 valence electrons. The van der Waals surface area contributed by atoms with Crippen LogP contribution in [0.15, 0.2) is 29.3 Å². The molecular weight excluding hydrogens is 166 g/mol. The zero-order valence-corrected chi connectivity index (χ0v) is 7.69. The van der Waals surface area contributed by atoms with Crippen molar-refractivity contribution in [3.8, 4) is 0 Å². The van der Waals surface area contributed by atoms with Crippen LogP contribution in [0.4, 0.5) is 5.69 Å². The molecular formula is C10H9NS. The molecule has 1 aromatic heterocycles. The third-order valence-corrected chi connectivity index (χ3v) is 2.97. The molecule has 1 heterocycles. The minimum atomic E-state index is 1.04. The number of rotatable bonds is 1. The molecule has 0 amide bonds. The van der Waals surface area contributed by atoms with Crippen LogP contribution in [0, 0.1) is 6.92 Å². The highest BCUT2D eigenvalue weighted by atomic mass is 32.1. The summed E-state index contributed by atoms with van der Waals surface area (Å²) in [5, 5.41) is 1.22. The van der Waals surface area contributed by atoms with Crippen molar-refractivity contribution in [1.82, 2.24) is 0 Å².